The van der Waals surface area contributed by atoms with Gasteiger partial charge in [-0.15, -0.1) is 0 Å². The topological polar surface area (TPSA) is 29.5 Å². The average molecular weight is 295 g/mol. The Labute approximate surface area is 131 Å². The zero-order chi connectivity index (χ0) is 15.7. The number of carbonyl (C=O) groups excluding carboxylic acids is 1. The lowest BCUT2D eigenvalue weighted by Crippen LogP contribution is -2.42. The zero-order valence-electron chi connectivity index (χ0n) is 13.3. The lowest BCUT2D eigenvalue weighted by atomic mass is 9.83. The van der Waals surface area contributed by atoms with Crippen molar-refractivity contribution in [3.8, 4) is 5.75 Å². The summed E-state index contributed by atoms with van der Waals surface area (Å²) >= 11 is 0. The summed E-state index contributed by atoms with van der Waals surface area (Å²) in [4.78, 5) is 15.0. The van der Waals surface area contributed by atoms with Crippen LogP contribution < -0.4 is 9.64 Å². The summed E-state index contributed by atoms with van der Waals surface area (Å²) in [6, 6.07) is 15.9. The second-order valence-electron chi connectivity index (χ2n) is 6.19. The average Bonchev–Trinajstić information content (AvgIpc) is 2.98. The van der Waals surface area contributed by atoms with Gasteiger partial charge in [-0.05, 0) is 49.6 Å². The van der Waals surface area contributed by atoms with Crippen molar-refractivity contribution in [2.75, 3.05) is 18.6 Å². The van der Waals surface area contributed by atoms with E-state index in [1.165, 1.54) is 5.56 Å². The number of anilines is 1. The number of amides is 1. The van der Waals surface area contributed by atoms with Crippen LogP contribution >= 0.6 is 0 Å². The fourth-order valence-corrected chi connectivity index (χ4v) is 3.02. The quantitative estimate of drug-likeness (QED) is 0.866. The molecule has 1 aliphatic heterocycles. The maximum Gasteiger partial charge on any atom is 0.237 e. The predicted molar refractivity (Wildman–Crippen MR) is 88.5 cm³/mol. The molecule has 3 rings (SSSR count). The van der Waals surface area contributed by atoms with Gasteiger partial charge in [0.25, 0.3) is 0 Å². The number of ether oxygens (including phenoxy) is 1. The van der Waals surface area contributed by atoms with Crippen LogP contribution in [0.4, 0.5) is 5.69 Å². The first-order valence-electron chi connectivity index (χ1n) is 7.58. The van der Waals surface area contributed by atoms with Crippen LogP contribution in [-0.4, -0.2) is 19.6 Å². The highest BCUT2D eigenvalue weighted by molar-refractivity contribution is 6.02. The van der Waals surface area contributed by atoms with Gasteiger partial charge in [0.2, 0.25) is 5.91 Å². The van der Waals surface area contributed by atoms with Crippen molar-refractivity contribution in [2.24, 2.45) is 0 Å². The highest BCUT2D eigenvalue weighted by Crippen LogP contribution is 2.34. The Kier molecular flexibility index (Phi) is 3.65. The molecule has 0 radical (unpaired) electrons. The molecule has 3 heteroatoms. The van der Waals surface area contributed by atoms with Gasteiger partial charge in [0.05, 0.1) is 12.5 Å². The first-order valence-corrected chi connectivity index (χ1v) is 7.58. The number of rotatable bonds is 3. The molecule has 0 N–H and O–H groups in total. The molecule has 2 aromatic rings. The van der Waals surface area contributed by atoms with Gasteiger partial charge in [-0.1, -0.05) is 30.3 Å². The van der Waals surface area contributed by atoms with Gasteiger partial charge >= 0.3 is 0 Å². The summed E-state index contributed by atoms with van der Waals surface area (Å²) in [5.74, 6) is 0.945. The highest BCUT2D eigenvalue weighted by Gasteiger charge is 2.36. The molecule has 2 aromatic carbocycles. The van der Waals surface area contributed by atoms with E-state index >= 15 is 0 Å². The minimum Gasteiger partial charge on any atom is -0.497 e. The molecule has 1 amide bonds. The predicted octanol–water partition coefficient (Wildman–Crippen LogP) is 3.56. The number of nitrogens with zero attached hydrogens (tertiary/aromatic N) is 1. The van der Waals surface area contributed by atoms with E-state index in [-0.39, 0.29) is 5.91 Å². The van der Waals surface area contributed by atoms with Crippen molar-refractivity contribution in [3.05, 3.63) is 59.7 Å². The molecule has 114 valence electrons. The van der Waals surface area contributed by atoms with Gasteiger partial charge in [0.15, 0.2) is 0 Å². The van der Waals surface area contributed by atoms with Gasteiger partial charge < -0.3 is 9.64 Å². The Morgan fingerprint density at radius 2 is 1.77 bits per heavy atom. The Balaban J connectivity index is 1.90. The molecule has 1 heterocycles. The minimum atomic E-state index is -0.566. The first kappa shape index (κ1) is 14.6. The molecule has 0 fully saturated rings. The fraction of sp³-hybridized carbons (Fsp3) is 0.316. The second kappa shape index (κ2) is 5.48. The number of hydrogen-bond donors (Lipinski definition) is 0. The maximum absolute atomic E-state index is 13.1. The van der Waals surface area contributed by atoms with E-state index < -0.39 is 5.41 Å². The van der Waals surface area contributed by atoms with Gasteiger partial charge in [-0.2, -0.15) is 0 Å². The number of carbonyl (C=O) groups is 1. The number of hydrogen-bond acceptors (Lipinski definition) is 2. The number of para-hydroxylation sites is 1. The van der Waals surface area contributed by atoms with Gasteiger partial charge in [0, 0.05) is 12.2 Å². The minimum absolute atomic E-state index is 0.141. The molecule has 0 unspecified atom stereocenters. The third-order valence-electron chi connectivity index (χ3n) is 4.48. The summed E-state index contributed by atoms with van der Waals surface area (Å²) in [6.45, 7) is 4.73. The van der Waals surface area contributed by atoms with Crippen LogP contribution in [0.25, 0.3) is 0 Å². The van der Waals surface area contributed by atoms with E-state index in [1.807, 2.05) is 61.2 Å². The first-order chi connectivity index (χ1) is 10.5. The Bertz CT molecular complexity index is 689. The van der Waals surface area contributed by atoms with Crippen LogP contribution in [0.15, 0.2) is 48.5 Å². The van der Waals surface area contributed by atoms with E-state index in [9.17, 15) is 4.79 Å². The summed E-state index contributed by atoms with van der Waals surface area (Å²) < 4.78 is 5.19. The van der Waals surface area contributed by atoms with E-state index in [0.29, 0.717) is 0 Å². The second-order valence-corrected chi connectivity index (χ2v) is 6.19. The van der Waals surface area contributed by atoms with E-state index in [4.69, 9.17) is 4.74 Å². The normalized spacial score (nSPS) is 13.9. The van der Waals surface area contributed by atoms with Crippen molar-refractivity contribution in [2.45, 2.75) is 25.7 Å². The van der Waals surface area contributed by atoms with Crippen LogP contribution in [0.1, 0.15) is 25.0 Å². The van der Waals surface area contributed by atoms with Crippen LogP contribution in [0, 0.1) is 0 Å². The fourth-order valence-electron chi connectivity index (χ4n) is 3.02. The van der Waals surface area contributed by atoms with Crippen molar-refractivity contribution in [1.29, 1.82) is 0 Å². The van der Waals surface area contributed by atoms with Gasteiger partial charge in [0.1, 0.15) is 5.75 Å². The third kappa shape index (κ3) is 2.37. The molecule has 0 aromatic heterocycles. The number of methoxy groups -OCH3 is 1. The molecule has 0 saturated heterocycles. The maximum atomic E-state index is 13.1. The summed E-state index contributed by atoms with van der Waals surface area (Å²) in [7, 11) is 1.65. The molecule has 0 saturated carbocycles. The monoisotopic (exact) mass is 295 g/mol. The number of benzene rings is 2. The number of fused-ring (bicyclic) bond motifs is 1. The molecule has 0 spiro atoms. The largest absolute Gasteiger partial charge is 0.497 e. The molecule has 0 atom stereocenters. The van der Waals surface area contributed by atoms with Crippen LogP contribution in [0.5, 0.6) is 5.75 Å². The smallest absolute Gasteiger partial charge is 0.237 e. The van der Waals surface area contributed by atoms with Crippen molar-refractivity contribution < 1.29 is 9.53 Å². The molecular formula is C19H21NO2. The lowest BCUT2D eigenvalue weighted by molar-refractivity contribution is -0.122. The van der Waals surface area contributed by atoms with E-state index in [0.717, 1.165) is 30.0 Å². The standard InChI is InChI=1S/C19H21NO2/c1-19(2,15-8-10-16(22-3)11-9-15)18(21)20-13-12-14-6-4-5-7-17(14)20/h4-11H,12-13H2,1-3H3. The molecule has 0 aliphatic carbocycles. The molecule has 22 heavy (non-hydrogen) atoms. The van der Waals surface area contributed by atoms with Gasteiger partial charge in [-0.25, -0.2) is 0 Å². The van der Waals surface area contributed by atoms with Crippen LogP contribution in [0.2, 0.25) is 0 Å². The molecular weight excluding hydrogens is 274 g/mol. The van der Waals surface area contributed by atoms with Crippen LogP contribution in [0.3, 0.4) is 0 Å². The van der Waals surface area contributed by atoms with Crippen LogP contribution in [-0.2, 0) is 16.6 Å². The SMILES string of the molecule is COc1ccc(C(C)(C)C(=O)N2CCc3ccccc32)cc1. The summed E-state index contributed by atoms with van der Waals surface area (Å²) in [5, 5.41) is 0. The Morgan fingerprint density at radius 3 is 2.45 bits per heavy atom. The van der Waals surface area contributed by atoms with Crippen molar-refractivity contribution in [3.63, 3.8) is 0 Å². The Hall–Kier alpha value is -2.29. The van der Waals surface area contributed by atoms with Crippen molar-refractivity contribution >= 4 is 11.6 Å². The third-order valence-corrected chi connectivity index (χ3v) is 4.48. The summed E-state index contributed by atoms with van der Waals surface area (Å²) in [5.41, 5.74) is 2.74. The summed E-state index contributed by atoms with van der Waals surface area (Å²) in [6.07, 6.45) is 0.931. The molecule has 1 aliphatic rings. The highest BCUT2D eigenvalue weighted by atomic mass is 16.5. The Morgan fingerprint density at radius 1 is 1.09 bits per heavy atom. The van der Waals surface area contributed by atoms with Crippen molar-refractivity contribution in [1.82, 2.24) is 0 Å². The van der Waals surface area contributed by atoms with E-state index in [1.54, 1.807) is 7.11 Å². The zero-order valence-corrected chi connectivity index (χ0v) is 13.3. The van der Waals surface area contributed by atoms with E-state index in [2.05, 4.69) is 6.07 Å². The lowest BCUT2D eigenvalue weighted by Gasteiger charge is -2.30. The molecule has 3 nitrogen and oxygen atoms in total. The molecule has 0 bridgehead atoms. The van der Waals surface area contributed by atoms with Gasteiger partial charge in [-0.3, -0.25) is 4.79 Å².